The molecule has 0 fully saturated rings. The fourth-order valence-corrected chi connectivity index (χ4v) is 1.52. The molecule has 1 amide bonds. The van der Waals surface area contributed by atoms with E-state index in [1.807, 2.05) is 25.7 Å². The number of rotatable bonds is 6. The molecule has 0 radical (unpaired) electrons. The van der Waals surface area contributed by atoms with Crippen molar-refractivity contribution in [1.29, 1.82) is 0 Å². The van der Waals surface area contributed by atoms with Crippen LogP contribution in [-0.2, 0) is 9.53 Å². The van der Waals surface area contributed by atoms with E-state index in [0.717, 1.165) is 6.54 Å². The Morgan fingerprint density at radius 2 is 2.14 bits per heavy atom. The van der Waals surface area contributed by atoms with Crippen LogP contribution >= 0.6 is 0 Å². The van der Waals surface area contributed by atoms with Gasteiger partial charge in [-0.3, -0.25) is 15.1 Å². The van der Waals surface area contributed by atoms with E-state index in [1.165, 1.54) is 0 Å². The van der Waals surface area contributed by atoms with Crippen molar-refractivity contribution < 1.29 is 9.53 Å². The predicted octanol–water partition coefficient (Wildman–Crippen LogP) is -0.278. The van der Waals surface area contributed by atoms with Gasteiger partial charge in [0.15, 0.2) is 0 Å². The van der Waals surface area contributed by atoms with Gasteiger partial charge in [-0.05, 0) is 20.4 Å². The molecular formula is C9H21N3O2. The van der Waals surface area contributed by atoms with Gasteiger partial charge < -0.3 is 4.74 Å². The van der Waals surface area contributed by atoms with Gasteiger partial charge >= 0.3 is 0 Å². The summed E-state index contributed by atoms with van der Waals surface area (Å²) in [7, 11) is 1.57. The van der Waals surface area contributed by atoms with Crippen LogP contribution in [0.5, 0.6) is 0 Å². The number of hydrogen-bond acceptors (Lipinski definition) is 4. The van der Waals surface area contributed by atoms with Gasteiger partial charge in [0, 0.05) is 13.2 Å². The Hall–Kier alpha value is -0.650. The number of nitrogens with zero attached hydrogens (tertiary/aromatic N) is 1. The normalized spacial score (nSPS) is 13.4. The summed E-state index contributed by atoms with van der Waals surface area (Å²) in [5, 5.41) is 0. The van der Waals surface area contributed by atoms with E-state index < -0.39 is 0 Å². The average Bonchev–Trinajstić information content (AvgIpc) is 2.16. The molecule has 0 bridgehead atoms. The molecule has 5 heteroatoms. The number of nitrogens with one attached hydrogen (secondary N) is 1. The van der Waals surface area contributed by atoms with E-state index in [2.05, 4.69) is 5.43 Å². The van der Waals surface area contributed by atoms with Crippen molar-refractivity contribution in [2.24, 2.45) is 5.84 Å². The second kappa shape index (κ2) is 6.75. The first kappa shape index (κ1) is 13.4. The summed E-state index contributed by atoms with van der Waals surface area (Å²) < 4.78 is 5.00. The van der Waals surface area contributed by atoms with Crippen LogP contribution in [0.25, 0.3) is 0 Å². The van der Waals surface area contributed by atoms with Crippen molar-refractivity contribution in [3.8, 4) is 0 Å². The molecular weight excluding hydrogens is 182 g/mol. The summed E-state index contributed by atoms with van der Waals surface area (Å²) in [4.78, 5) is 13.5. The minimum Gasteiger partial charge on any atom is -0.383 e. The topological polar surface area (TPSA) is 67.6 Å². The van der Waals surface area contributed by atoms with Crippen molar-refractivity contribution >= 4 is 5.91 Å². The zero-order valence-corrected chi connectivity index (χ0v) is 9.41. The molecule has 0 aromatic rings. The van der Waals surface area contributed by atoms with Gasteiger partial charge in [0.25, 0.3) is 5.91 Å². The van der Waals surface area contributed by atoms with Crippen molar-refractivity contribution in [2.45, 2.75) is 32.9 Å². The summed E-state index contributed by atoms with van der Waals surface area (Å²) in [6.45, 7) is 7.23. The highest BCUT2D eigenvalue weighted by Gasteiger charge is 2.25. The maximum Gasteiger partial charge on any atom is 0.253 e. The van der Waals surface area contributed by atoms with Crippen molar-refractivity contribution in [3.63, 3.8) is 0 Å². The number of nitrogens with two attached hydrogens (primary N) is 1. The SMILES string of the molecule is CCN(C(C)C)C(COC)C(=O)NN. The molecule has 0 spiro atoms. The van der Waals surface area contributed by atoms with Gasteiger partial charge in [-0.2, -0.15) is 0 Å². The number of hydrogen-bond donors (Lipinski definition) is 2. The molecule has 0 aliphatic carbocycles. The maximum absolute atomic E-state index is 11.4. The molecule has 0 rings (SSSR count). The molecule has 3 N–H and O–H groups in total. The first-order valence-corrected chi connectivity index (χ1v) is 4.83. The third-order valence-corrected chi connectivity index (χ3v) is 2.20. The summed E-state index contributed by atoms with van der Waals surface area (Å²) in [5.41, 5.74) is 2.16. The Morgan fingerprint density at radius 1 is 1.57 bits per heavy atom. The lowest BCUT2D eigenvalue weighted by Crippen LogP contribution is -2.53. The van der Waals surface area contributed by atoms with Crippen LogP contribution in [0.3, 0.4) is 0 Å². The lowest BCUT2D eigenvalue weighted by Gasteiger charge is -2.31. The lowest BCUT2D eigenvalue weighted by atomic mass is 10.2. The van der Waals surface area contributed by atoms with Crippen LogP contribution in [0.1, 0.15) is 20.8 Å². The van der Waals surface area contributed by atoms with Gasteiger partial charge in [-0.1, -0.05) is 6.92 Å². The van der Waals surface area contributed by atoms with E-state index in [-0.39, 0.29) is 18.0 Å². The van der Waals surface area contributed by atoms with Crippen LogP contribution < -0.4 is 11.3 Å². The van der Waals surface area contributed by atoms with Gasteiger partial charge in [-0.25, -0.2) is 5.84 Å². The van der Waals surface area contributed by atoms with Crippen LogP contribution in [0.15, 0.2) is 0 Å². The molecule has 0 aromatic carbocycles. The number of amides is 1. The predicted molar refractivity (Wildman–Crippen MR) is 55.5 cm³/mol. The van der Waals surface area contributed by atoms with Gasteiger partial charge in [0.1, 0.15) is 6.04 Å². The smallest absolute Gasteiger partial charge is 0.253 e. The molecule has 1 unspecified atom stereocenters. The minimum atomic E-state index is -0.310. The van der Waals surface area contributed by atoms with Crippen molar-refractivity contribution in [3.05, 3.63) is 0 Å². The molecule has 14 heavy (non-hydrogen) atoms. The van der Waals surface area contributed by atoms with Gasteiger partial charge in [0.05, 0.1) is 6.61 Å². The number of hydrazine groups is 1. The second-order valence-corrected chi connectivity index (χ2v) is 3.40. The highest BCUT2D eigenvalue weighted by Crippen LogP contribution is 2.05. The largest absolute Gasteiger partial charge is 0.383 e. The van der Waals surface area contributed by atoms with Crippen LogP contribution in [0.2, 0.25) is 0 Å². The second-order valence-electron chi connectivity index (χ2n) is 3.40. The molecule has 0 saturated carbocycles. The van der Waals surface area contributed by atoms with E-state index in [1.54, 1.807) is 7.11 Å². The van der Waals surface area contributed by atoms with Crippen LogP contribution in [0.4, 0.5) is 0 Å². The number of likely N-dealkylation sites (N-methyl/N-ethyl adjacent to an activating group) is 1. The van der Waals surface area contributed by atoms with E-state index >= 15 is 0 Å². The number of ether oxygens (including phenoxy) is 1. The van der Waals surface area contributed by atoms with Crippen molar-refractivity contribution in [1.82, 2.24) is 10.3 Å². The fourth-order valence-electron chi connectivity index (χ4n) is 1.52. The Bertz CT molecular complexity index is 173. The Balaban J connectivity index is 4.50. The molecule has 0 aromatic heterocycles. The Morgan fingerprint density at radius 3 is 2.43 bits per heavy atom. The van der Waals surface area contributed by atoms with Gasteiger partial charge in [0.2, 0.25) is 0 Å². The third-order valence-electron chi connectivity index (χ3n) is 2.20. The van der Waals surface area contributed by atoms with E-state index in [4.69, 9.17) is 10.6 Å². The van der Waals surface area contributed by atoms with Crippen LogP contribution in [-0.4, -0.2) is 43.2 Å². The minimum absolute atomic E-state index is 0.206. The number of carbonyl (C=O) groups is 1. The first-order chi connectivity index (χ1) is 6.58. The zero-order valence-electron chi connectivity index (χ0n) is 9.41. The third kappa shape index (κ3) is 3.61. The molecule has 0 heterocycles. The molecule has 0 aliphatic heterocycles. The summed E-state index contributed by atoms with van der Waals surface area (Å²) in [6, 6.07) is -0.0209. The summed E-state index contributed by atoms with van der Waals surface area (Å²) >= 11 is 0. The molecule has 1 atom stereocenters. The number of methoxy groups -OCH3 is 1. The fraction of sp³-hybridized carbons (Fsp3) is 0.889. The summed E-state index contributed by atoms with van der Waals surface area (Å²) in [5.74, 6) is 4.91. The molecule has 5 nitrogen and oxygen atoms in total. The van der Waals surface area contributed by atoms with Gasteiger partial charge in [-0.15, -0.1) is 0 Å². The quantitative estimate of drug-likeness (QED) is 0.354. The number of carbonyl (C=O) groups excluding carboxylic acids is 1. The highest BCUT2D eigenvalue weighted by atomic mass is 16.5. The maximum atomic E-state index is 11.4. The first-order valence-electron chi connectivity index (χ1n) is 4.83. The monoisotopic (exact) mass is 203 g/mol. The lowest BCUT2D eigenvalue weighted by molar-refractivity contribution is -0.129. The zero-order chi connectivity index (χ0) is 11.1. The van der Waals surface area contributed by atoms with E-state index in [0.29, 0.717) is 6.61 Å². The molecule has 84 valence electrons. The average molecular weight is 203 g/mol. The van der Waals surface area contributed by atoms with Crippen LogP contribution in [0, 0.1) is 0 Å². The molecule has 0 aliphatic rings. The van der Waals surface area contributed by atoms with E-state index in [9.17, 15) is 4.79 Å². The summed E-state index contributed by atoms with van der Waals surface area (Å²) in [6.07, 6.45) is 0. The highest BCUT2D eigenvalue weighted by molar-refractivity contribution is 5.81. The molecule has 0 saturated heterocycles. The Labute approximate surface area is 85.6 Å². The Kier molecular flexibility index (Phi) is 6.44. The van der Waals surface area contributed by atoms with Crippen molar-refractivity contribution in [2.75, 3.05) is 20.3 Å². The standard InChI is InChI=1S/C9H21N3O2/c1-5-12(7(2)3)8(6-14-4)9(13)11-10/h7-8H,5-6,10H2,1-4H3,(H,11,13).